The molecule has 19 heavy (non-hydrogen) atoms. The number of hydrogen-bond acceptors (Lipinski definition) is 4. The second-order valence-electron chi connectivity index (χ2n) is 4.01. The minimum Gasteiger partial charge on any atom is -0.302 e. The molecule has 98 valence electrons. The van der Waals surface area contributed by atoms with Crippen LogP contribution in [0.1, 0.15) is 16.2 Å². The molecule has 0 radical (unpaired) electrons. The number of nitrogens with zero attached hydrogens (tertiary/aromatic N) is 3. The molecule has 4 nitrogen and oxygen atoms in total. The van der Waals surface area contributed by atoms with Crippen LogP contribution in [0.5, 0.6) is 0 Å². The maximum Gasteiger partial charge on any atom is 0.191 e. The Bertz CT molecular complexity index is 578. The molecule has 0 fully saturated rings. The van der Waals surface area contributed by atoms with Crippen LogP contribution in [0.15, 0.2) is 48.1 Å². The number of aromatic nitrogens is 3. The van der Waals surface area contributed by atoms with Crippen molar-refractivity contribution in [2.24, 2.45) is 0 Å². The molecular formula is C14H15N3OS. The lowest BCUT2D eigenvalue weighted by atomic mass is 10.2. The number of ketones is 1. The lowest BCUT2D eigenvalue weighted by Gasteiger charge is -2.04. The lowest BCUT2D eigenvalue weighted by molar-refractivity contribution is 0.102. The predicted octanol–water partition coefficient (Wildman–Crippen LogP) is 2.75. The summed E-state index contributed by atoms with van der Waals surface area (Å²) in [6, 6.07) is 9.27. The Kier molecular flexibility index (Phi) is 4.52. The second kappa shape index (κ2) is 6.33. The first-order chi connectivity index (χ1) is 9.22. The molecule has 0 aliphatic carbocycles. The zero-order valence-corrected chi connectivity index (χ0v) is 11.6. The highest BCUT2D eigenvalue weighted by molar-refractivity contribution is 7.99. The zero-order valence-electron chi connectivity index (χ0n) is 10.7. The number of thioether (sulfide) groups is 1. The first-order valence-electron chi connectivity index (χ1n) is 5.94. The third-order valence-corrected chi connectivity index (χ3v) is 3.61. The number of hydrogen-bond donors (Lipinski definition) is 0. The number of carbonyl (C=O) groups is 1. The Morgan fingerprint density at radius 3 is 2.79 bits per heavy atom. The maximum absolute atomic E-state index is 12.0. The van der Waals surface area contributed by atoms with Gasteiger partial charge in [0, 0.05) is 12.1 Å². The average Bonchev–Trinajstić information content (AvgIpc) is 2.79. The van der Waals surface area contributed by atoms with Gasteiger partial charge in [0.25, 0.3) is 0 Å². The summed E-state index contributed by atoms with van der Waals surface area (Å²) >= 11 is 1.40. The van der Waals surface area contributed by atoms with Gasteiger partial charge in [0.05, 0.1) is 5.75 Å². The molecule has 0 aliphatic rings. The van der Waals surface area contributed by atoms with Crippen LogP contribution in [-0.2, 0) is 6.54 Å². The number of carbonyl (C=O) groups excluding carboxylic acids is 1. The van der Waals surface area contributed by atoms with E-state index in [0.29, 0.717) is 12.3 Å². The van der Waals surface area contributed by atoms with Crippen molar-refractivity contribution in [3.05, 3.63) is 54.4 Å². The average molecular weight is 273 g/mol. The van der Waals surface area contributed by atoms with E-state index in [2.05, 4.69) is 16.8 Å². The molecule has 2 rings (SSSR count). The van der Waals surface area contributed by atoms with Crippen molar-refractivity contribution in [1.29, 1.82) is 0 Å². The number of rotatable bonds is 6. The van der Waals surface area contributed by atoms with Crippen molar-refractivity contribution in [2.45, 2.75) is 18.6 Å². The highest BCUT2D eigenvalue weighted by Crippen LogP contribution is 2.18. The normalized spacial score (nSPS) is 10.4. The highest BCUT2D eigenvalue weighted by atomic mass is 32.2. The van der Waals surface area contributed by atoms with Gasteiger partial charge < -0.3 is 4.57 Å². The Hall–Kier alpha value is -1.88. The van der Waals surface area contributed by atoms with Gasteiger partial charge in [0.15, 0.2) is 10.9 Å². The molecule has 0 N–H and O–H groups in total. The highest BCUT2D eigenvalue weighted by Gasteiger charge is 2.11. The van der Waals surface area contributed by atoms with Crippen molar-refractivity contribution in [1.82, 2.24) is 14.8 Å². The Balaban J connectivity index is 2.03. The summed E-state index contributed by atoms with van der Waals surface area (Å²) in [5.41, 5.74) is 0.724. The molecule has 0 saturated carbocycles. The number of Topliss-reactive ketones (excluding diaryl/α,β-unsaturated/α-hetero) is 1. The van der Waals surface area contributed by atoms with Gasteiger partial charge in [-0.25, -0.2) is 0 Å². The van der Waals surface area contributed by atoms with Crippen molar-refractivity contribution in [2.75, 3.05) is 5.75 Å². The molecule has 0 bridgehead atoms. The summed E-state index contributed by atoms with van der Waals surface area (Å²) in [6.07, 6.45) is 1.79. The zero-order chi connectivity index (χ0) is 13.7. The molecule has 0 unspecified atom stereocenters. The van der Waals surface area contributed by atoms with Gasteiger partial charge in [-0.3, -0.25) is 4.79 Å². The van der Waals surface area contributed by atoms with E-state index in [9.17, 15) is 4.79 Å². The van der Waals surface area contributed by atoms with Gasteiger partial charge in [-0.05, 0) is 6.92 Å². The standard InChI is InChI=1S/C14H15N3OS/c1-3-9-17-11(2)15-16-14(17)19-10-13(18)12-7-5-4-6-8-12/h3-8H,1,9-10H2,2H3. The Labute approximate surface area is 116 Å². The minimum absolute atomic E-state index is 0.0939. The van der Waals surface area contributed by atoms with E-state index in [1.165, 1.54) is 11.8 Å². The van der Waals surface area contributed by atoms with E-state index in [-0.39, 0.29) is 5.78 Å². The van der Waals surface area contributed by atoms with Crippen LogP contribution in [-0.4, -0.2) is 26.3 Å². The van der Waals surface area contributed by atoms with Crippen molar-refractivity contribution in [3.8, 4) is 0 Å². The molecule has 1 aromatic carbocycles. The third kappa shape index (κ3) is 3.32. The van der Waals surface area contributed by atoms with Gasteiger partial charge in [0.2, 0.25) is 0 Å². The number of allylic oxidation sites excluding steroid dienone is 1. The summed E-state index contributed by atoms with van der Waals surface area (Å²) in [4.78, 5) is 12.0. The number of aryl methyl sites for hydroxylation is 1. The summed E-state index contributed by atoms with van der Waals surface area (Å²) in [6.45, 7) is 6.25. The van der Waals surface area contributed by atoms with Crippen LogP contribution < -0.4 is 0 Å². The van der Waals surface area contributed by atoms with Crippen molar-refractivity contribution in [3.63, 3.8) is 0 Å². The molecule has 0 amide bonds. The van der Waals surface area contributed by atoms with Gasteiger partial charge in [-0.15, -0.1) is 16.8 Å². The minimum atomic E-state index is 0.0939. The van der Waals surface area contributed by atoms with Gasteiger partial charge in [0.1, 0.15) is 5.82 Å². The second-order valence-corrected chi connectivity index (χ2v) is 4.95. The van der Waals surface area contributed by atoms with E-state index in [4.69, 9.17) is 0 Å². The molecule has 2 aromatic rings. The van der Waals surface area contributed by atoms with Crippen LogP contribution in [0, 0.1) is 6.92 Å². The maximum atomic E-state index is 12.0. The topological polar surface area (TPSA) is 47.8 Å². The largest absolute Gasteiger partial charge is 0.302 e. The Morgan fingerprint density at radius 1 is 1.37 bits per heavy atom. The first kappa shape index (κ1) is 13.5. The van der Waals surface area contributed by atoms with E-state index in [1.807, 2.05) is 41.8 Å². The van der Waals surface area contributed by atoms with E-state index in [1.54, 1.807) is 6.08 Å². The first-order valence-corrected chi connectivity index (χ1v) is 6.92. The molecule has 1 aromatic heterocycles. The molecule has 5 heteroatoms. The van der Waals surface area contributed by atoms with Crippen LogP contribution in [0.3, 0.4) is 0 Å². The van der Waals surface area contributed by atoms with Gasteiger partial charge in [-0.2, -0.15) is 0 Å². The van der Waals surface area contributed by atoms with Crippen LogP contribution in [0.4, 0.5) is 0 Å². The summed E-state index contributed by atoms with van der Waals surface area (Å²) in [7, 11) is 0. The number of benzene rings is 1. The van der Waals surface area contributed by atoms with Crippen molar-refractivity contribution < 1.29 is 4.79 Å². The van der Waals surface area contributed by atoms with Gasteiger partial charge >= 0.3 is 0 Å². The monoisotopic (exact) mass is 273 g/mol. The predicted molar refractivity (Wildman–Crippen MR) is 76.5 cm³/mol. The molecule has 0 saturated heterocycles. The molecule has 0 atom stereocenters. The molecule has 0 aliphatic heterocycles. The molecule has 0 spiro atoms. The summed E-state index contributed by atoms with van der Waals surface area (Å²) in [5.74, 6) is 1.28. The molecule has 1 heterocycles. The summed E-state index contributed by atoms with van der Waals surface area (Å²) in [5, 5.41) is 8.85. The smallest absolute Gasteiger partial charge is 0.191 e. The van der Waals surface area contributed by atoms with Crippen LogP contribution in [0.2, 0.25) is 0 Å². The Morgan fingerprint density at radius 2 is 2.11 bits per heavy atom. The lowest BCUT2D eigenvalue weighted by Crippen LogP contribution is -2.05. The fourth-order valence-corrected chi connectivity index (χ4v) is 2.53. The van der Waals surface area contributed by atoms with Crippen LogP contribution in [0.25, 0.3) is 0 Å². The fourth-order valence-electron chi connectivity index (χ4n) is 1.65. The SMILES string of the molecule is C=CCn1c(C)nnc1SCC(=O)c1ccccc1. The van der Waals surface area contributed by atoms with E-state index < -0.39 is 0 Å². The third-order valence-electron chi connectivity index (χ3n) is 2.64. The van der Waals surface area contributed by atoms with E-state index in [0.717, 1.165) is 16.5 Å². The van der Waals surface area contributed by atoms with E-state index >= 15 is 0 Å². The van der Waals surface area contributed by atoms with Crippen LogP contribution >= 0.6 is 11.8 Å². The summed E-state index contributed by atoms with van der Waals surface area (Å²) < 4.78 is 1.94. The van der Waals surface area contributed by atoms with Gasteiger partial charge in [-0.1, -0.05) is 48.2 Å². The van der Waals surface area contributed by atoms with Crippen molar-refractivity contribution >= 4 is 17.5 Å². The molecular weight excluding hydrogens is 258 g/mol. The fraction of sp³-hybridized carbons (Fsp3) is 0.214. The quantitative estimate of drug-likeness (QED) is 0.461.